The van der Waals surface area contributed by atoms with Gasteiger partial charge in [-0.3, -0.25) is 0 Å². The van der Waals surface area contributed by atoms with Crippen LogP contribution in [0.15, 0.2) is 18.5 Å². The van der Waals surface area contributed by atoms with E-state index in [2.05, 4.69) is 19.9 Å². The van der Waals surface area contributed by atoms with Crippen LogP contribution in [-0.4, -0.2) is 31.2 Å². The lowest BCUT2D eigenvalue weighted by molar-refractivity contribution is 0.210. The van der Waals surface area contributed by atoms with Crippen LogP contribution in [0.4, 0.5) is 4.79 Å². The lowest BCUT2D eigenvalue weighted by Gasteiger charge is -2.04. The molecule has 0 unspecified atom stereocenters. The first-order valence-electron chi connectivity index (χ1n) is 4.75. The quantitative estimate of drug-likeness (QED) is 0.826. The van der Waals surface area contributed by atoms with Crippen LogP contribution in [0.5, 0.6) is 5.75 Å². The van der Waals surface area contributed by atoms with Crippen molar-refractivity contribution in [2.75, 3.05) is 0 Å². The van der Waals surface area contributed by atoms with Crippen LogP contribution in [0, 0.1) is 0 Å². The smallest absolute Gasteiger partial charge is 0.409 e. The van der Waals surface area contributed by atoms with Crippen molar-refractivity contribution in [3.8, 4) is 11.6 Å². The molecule has 0 fully saturated rings. The van der Waals surface area contributed by atoms with Crippen LogP contribution < -0.4 is 10.5 Å². The minimum Gasteiger partial charge on any atom is -0.409 e. The first kappa shape index (κ1) is 12.3. The van der Waals surface area contributed by atoms with Gasteiger partial charge < -0.3 is 15.6 Å². The van der Waals surface area contributed by atoms with Gasteiger partial charge >= 0.3 is 6.09 Å². The van der Waals surface area contributed by atoms with E-state index in [1.165, 1.54) is 18.5 Å². The first-order chi connectivity index (χ1) is 8.60. The molecule has 1 amide bonds. The molecule has 0 atom stereocenters. The highest BCUT2D eigenvalue weighted by atomic mass is 35.5. The highest BCUT2D eigenvalue weighted by Crippen LogP contribution is 2.22. The Bertz CT molecular complexity index is 585. The van der Waals surface area contributed by atoms with Crippen molar-refractivity contribution in [2.45, 2.75) is 6.61 Å². The molecule has 0 aliphatic heterocycles. The normalized spacial score (nSPS) is 10.3. The van der Waals surface area contributed by atoms with Gasteiger partial charge in [0.1, 0.15) is 5.69 Å². The topological polar surface area (TPSA) is 116 Å². The van der Waals surface area contributed by atoms with Crippen molar-refractivity contribution in [2.24, 2.45) is 5.73 Å². The van der Waals surface area contributed by atoms with Gasteiger partial charge in [0.15, 0.2) is 11.6 Å². The fourth-order valence-corrected chi connectivity index (χ4v) is 1.43. The molecule has 2 heterocycles. The summed E-state index contributed by atoms with van der Waals surface area (Å²) in [4.78, 5) is 15.6. The maximum Gasteiger partial charge on any atom is 0.410 e. The monoisotopic (exact) mass is 269 g/mol. The summed E-state index contributed by atoms with van der Waals surface area (Å²) in [5.41, 5.74) is 5.24. The zero-order chi connectivity index (χ0) is 13.1. The molecule has 0 radical (unpaired) electrons. The van der Waals surface area contributed by atoms with Crippen molar-refractivity contribution >= 4 is 17.7 Å². The summed E-state index contributed by atoms with van der Waals surface area (Å²) in [5.74, 6) is 0.360. The zero-order valence-electron chi connectivity index (χ0n) is 8.95. The first-order valence-corrected chi connectivity index (χ1v) is 5.13. The number of primary amides is 1. The number of hydrogen-bond donors (Lipinski definition) is 2. The van der Waals surface area contributed by atoms with Gasteiger partial charge in [-0.15, -0.1) is 9.90 Å². The minimum absolute atomic E-state index is 0.116. The van der Waals surface area contributed by atoms with E-state index < -0.39 is 6.09 Å². The molecular weight excluding hydrogens is 262 g/mol. The van der Waals surface area contributed by atoms with Crippen LogP contribution in [0.25, 0.3) is 5.82 Å². The number of rotatable bonds is 3. The van der Waals surface area contributed by atoms with Gasteiger partial charge in [0.2, 0.25) is 0 Å². The van der Waals surface area contributed by atoms with Crippen LogP contribution in [0.1, 0.15) is 5.69 Å². The Kier molecular flexibility index (Phi) is 3.40. The summed E-state index contributed by atoms with van der Waals surface area (Å²) in [6.45, 7) is -0.236. The molecule has 3 N–H and O–H groups in total. The van der Waals surface area contributed by atoms with E-state index in [1.54, 1.807) is 0 Å². The van der Waals surface area contributed by atoms with Crippen molar-refractivity contribution in [1.82, 2.24) is 20.0 Å². The molecule has 0 spiro atoms. The lowest BCUT2D eigenvalue weighted by atomic mass is 10.4. The number of aliphatic hydroxyl groups is 1. The number of nitrogens with two attached hydrogens (primary N) is 1. The van der Waals surface area contributed by atoms with E-state index in [0.29, 0.717) is 5.69 Å². The Morgan fingerprint density at radius 2 is 2.33 bits per heavy atom. The van der Waals surface area contributed by atoms with Crippen molar-refractivity contribution in [1.29, 1.82) is 0 Å². The van der Waals surface area contributed by atoms with E-state index in [-0.39, 0.29) is 23.2 Å². The third kappa shape index (κ3) is 2.55. The Hall–Kier alpha value is -2.19. The molecule has 0 aliphatic carbocycles. The predicted molar refractivity (Wildman–Crippen MR) is 60.3 cm³/mol. The molecule has 0 aromatic carbocycles. The molecule has 0 aliphatic rings. The number of hydrogen-bond acceptors (Lipinski definition) is 6. The van der Waals surface area contributed by atoms with Crippen molar-refractivity contribution < 1.29 is 14.6 Å². The van der Waals surface area contributed by atoms with Crippen LogP contribution in [-0.2, 0) is 6.61 Å². The van der Waals surface area contributed by atoms with Crippen molar-refractivity contribution in [3.05, 3.63) is 29.2 Å². The van der Waals surface area contributed by atoms with Gasteiger partial charge in [0, 0.05) is 6.07 Å². The van der Waals surface area contributed by atoms with Crippen LogP contribution in [0.3, 0.4) is 0 Å². The van der Waals surface area contributed by atoms with E-state index >= 15 is 0 Å². The molecule has 2 aromatic heterocycles. The number of carbonyl (C=O) groups is 1. The second-order valence-corrected chi connectivity index (χ2v) is 3.59. The van der Waals surface area contributed by atoms with Gasteiger partial charge in [-0.1, -0.05) is 11.6 Å². The minimum atomic E-state index is -0.958. The average molecular weight is 270 g/mol. The number of pyridine rings is 1. The Morgan fingerprint density at radius 1 is 1.56 bits per heavy atom. The average Bonchev–Trinajstić information content (AvgIpc) is 2.76. The number of ether oxygens (including phenoxy) is 1. The zero-order valence-corrected chi connectivity index (χ0v) is 9.70. The second-order valence-electron chi connectivity index (χ2n) is 3.18. The number of carbonyl (C=O) groups excluding carboxylic acids is 1. The highest BCUT2D eigenvalue weighted by molar-refractivity contribution is 6.32. The molecule has 0 bridgehead atoms. The molecule has 9 heteroatoms. The lowest BCUT2D eigenvalue weighted by Crippen LogP contribution is -2.16. The van der Waals surface area contributed by atoms with Gasteiger partial charge in [-0.05, 0) is 0 Å². The maximum atomic E-state index is 10.5. The maximum absolute atomic E-state index is 10.5. The van der Waals surface area contributed by atoms with Gasteiger partial charge in [-0.25, -0.2) is 9.78 Å². The predicted octanol–water partition coefficient (Wildman–Crippen LogP) is 0.265. The molecule has 8 nitrogen and oxygen atoms in total. The fraction of sp³-hybridized carbons (Fsp3) is 0.111. The fourth-order valence-electron chi connectivity index (χ4n) is 1.20. The number of nitrogens with zero attached hydrogens (tertiary/aromatic N) is 4. The van der Waals surface area contributed by atoms with Gasteiger partial charge in [-0.2, -0.15) is 5.10 Å². The molecule has 18 heavy (non-hydrogen) atoms. The summed E-state index contributed by atoms with van der Waals surface area (Å²) >= 11 is 5.94. The summed E-state index contributed by atoms with van der Waals surface area (Å²) in [7, 11) is 0. The number of amides is 1. The largest absolute Gasteiger partial charge is 0.410 e. The van der Waals surface area contributed by atoms with Crippen molar-refractivity contribution in [3.63, 3.8) is 0 Å². The Balaban J connectivity index is 2.32. The van der Waals surface area contributed by atoms with E-state index in [0.717, 1.165) is 4.80 Å². The van der Waals surface area contributed by atoms with E-state index in [1.807, 2.05) is 0 Å². The van der Waals surface area contributed by atoms with Crippen LogP contribution in [0.2, 0.25) is 5.02 Å². The Labute approximate surface area is 106 Å². The summed E-state index contributed by atoms with van der Waals surface area (Å²) in [5, 5.41) is 16.8. The second kappa shape index (κ2) is 4.98. The molecule has 2 aromatic rings. The van der Waals surface area contributed by atoms with Crippen LogP contribution >= 0.6 is 11.6 Å². The summed E-state index contributed by atoms with van der Waals surface area (Å²) in [6, 6.07) is 1.36. The van der Waals surface area contributed by atoms with E-state index in [9.17, 15) is 4.79 Å². The molecule has 94 valence electrons. The summed E-state index contributed by atoms with van der Waals surface area (Å²) < 4.78 is 4.61. The van der Waals surface area contributed by atoms with Gasteiger partial charge in [0.25, 0.3) is 0 Å². The number of halogens is 1. The standard InChI is InChI=1S/C9H8ClN5O3/c10-7-1-6(18-9(11)17)3-12-8(7)15-13-2-5(4-16)14-15/h1-3,16H,4H2,(H2,11,17). The van der Waals surface area contributed by atoms with Gasteiger partial charge in [0.05, 0.1) is 24.0 Å². The number of aliphatic hydroxyl groups excluding tert-OH is 1. The molecule has 2 rings (SSSR count). The molecule has 0 saturated carbocycles. The highest BCUT2D eigenvalue weighted by Gasteiger charge is 2.10. The molecular formula is C9H8ClN5O3. The van der Waals surface area contributed by atoms with E-state index in [4.69, 9.17) is 22.4 Å². The Morgan fingerprint density at radius 3 is 2.89 bits per heavy atom. The molecule has 0 saturated heterocycles. The SMILES string of the molecule is NC(=O)Oc1cnc(-n2ncc(CO)n2)c(Cl)c1. The summed E-state index contributed by atoms with van der Waals surface area (Å²) in [6.07, 6.45) is 1.68. The number of aromatic nitrogens is 4. The third-order valence-electron chi connectivity index (χ3n) is 1.91. The third-order valence-corrected chi connectivity index (χ3v) is 2.18.